The molecule has 1 aliphatic heterocycles. The van der Waals surface area contributed by atoms with E-state index in [0.29, 0.717) is 17.4 Å². The van der Waals surface area contributed by atoms with Crippen molar-refractivity contribution < 1.29 is 0 Å². The van der Waals surface area contributed by atoms with Crippen molar-refractivity contribution in [2.24, 2.45) is 4.99 Å². The van der Waals surface area contributed by atoms with Gasteiger partial charge in [0.25, 0.3) is 0 Å². The van der Waals surface area contributed by atoms with E-state index >= 15 is 0 Å². The van der Waals surface area contributed by atoms with Gasteiger partial charge < -0.3 is 21.4 Å². The second kappa shape index (κ2) is 4.85. The Bertz CT molecular complexity index is 610. The summed E-state index contributed by atoms with van der Waals surface area (Å²) in [6, 6.07) is 0.379. The normalized spacial score (nSPS) is 20.1. The number of anilines is 1. The summed E-state index contributed by atoms with van der Waals surface area (Å²) in [5.41, 5.74) is 8.96. The van der Waals surface area contributed by atoms with E-state index in [1.807, 2.05) is 0 Å². The molecule has 1 saturated heterocycles. The smallest absolute Gasteiger partial charge is 0.178 e. The predicted octanol–water partition coefficient (Wildman–Crippen LogP) is -0.132. The fourth-order valence-corrected chi connectivity index (χ4v) is 2.38. The molecule has 2 aromatic rings. The fourth-order valence-electron chi connectivity index (χ4n) is 2.38. The van der Waals surface area contributed by atoms with Gasteiger partial charge in [0.2, 0.25) is 0 Å². The van der Waals surface area contributed by atoms with Gasteiger partial charge in [-0.3, -0.25) is 4.99 Å². The van der Waals surface area contributed by atoms with Crippen LogP contribution in [-0.4, -0.2) is 47.0 Å². The Hall–Kier alpha value is -2.15. The first kappa shape index (κ1) is 11.9. The van der Waals surface area contributed by atoms with Gasteiger partial charge in [-0.05, 0) is 13.0 Å². The number of amidine groups is 1. The van der Waals surface area contributed by atoms with E-state index < -0.39 is 0 Å². The number of aliphatic imine (C=N–C) groups is 1. The lowest BCUT2D eigenvalue weighted by atomic mass is 10.1. The summed E-state index contributed by atoms with van der Waals surface area (Å²) in [6.07, 6.45) is 4.32. The summed E-state index contributed by atoms with van der Waals surface area (Å²) in [6.45, 7) is 1.97. The van der Waals surface area contributed by atoms with Crippen LogP contribution < -0.4 is 16.4 Å². The van der Waals surface area contributed by atoms with Crippen molar-refractivity contribution in [1.82, 2.24) is 25.6 Å². The summed E-state index contributed by atoms with van der Waals surface area (Å²) >= 11 is 0. The number of aromatic amines is 1. The molecule has 1 fully saturated rings. The number of fused-ring (bicyclic) bond motifs is 1. The Balaban J connectivity index is 2.00. The molecule has 1 aliphatic rings. The maximum atomic E-state index is 6.05. The van der Waals surface area contributed by atoms with Crippen LogP contribution in [0.4, 0.5) is 5.69 Å². The van der Waals surface area contributed by atoms with Crippen molar-refractivity contribution in [3.63, 3.8) is 0 Å². The van der Waals surface area contributed by atoms with Gasteiger partial charge in [-0.25, -0.2) is 9.97 Å². The first-order valence-corrected chi connectivity index (χ1v) is 6.31. The second-order valence-corrected chi connectivity index (χ2v) is 4.60. The standard InChI is InChI=1S/C12H17N7/c1-14-11(19-7-2-3-15-4-7)9-8(13)5-16-12-10(9)17-6-18-12/h5-7,15H,2-4,13H2,1H3,(H,14,19)(H,16,17,18). The molecule has 0 spiro atoms. The molecular weight excluding hydrogens is 242 g/mol. The molecule has 0 saturated carbocycles. The Morgan fingerprint density at radius 2 is 2.42 bits per heavy atom. The molecule has 0 amide bonds. The van der Waals surface area contributed by atoms with Gasteiger partial charge in [0.05, 0.1) is 29.3 Å². The molecule has 0 aliphatic carbocycles. The zero-order valence-electron chi connectivity index (χ0n) is 10.8. The van der Waals surface area contributed by atoms with Crippen LogP contribution in [0.1, 0.15) is 12.0 Å². The van der Waals surface area contributed by atoms with Gasteiger partial charge >= 0.3 is 0 Å². The molecule has 3 heterocycles. The largest absolute Gasteiger partial charge is 0.397 e. The molecule has 3 rings (SSSR count). The number of H-pyrrole nitrogens is 1. The SMILES string of the molecule is CN=C(NC1CCNC1)c1c(N)cnc2nc[nH]c12. The first-order valence-electron chi connectivity index (χ1n) is 6.31. The van der Waals surface area contributed by atoms with E-state index in [-0.39, 0.29) is 0 Å². The van der Waals surface area contributed by atoms with E-state index in [1.165, 1.54) is 0 Å². The summed E-state index contributed by atoms with van der Waals surface area (Å²) in [5, 5.41) is 6.76. The van der Waals surface area contributed by atoms with Crippen molar-refractivity contribution >= 4 is 22.7 Å². The molecular formula is C12H17N7. The van der Waals surface area contributed by atoms with Crippen molar-refractivity contribution in [3.05, 3.63) is 18.1 Å². The van der Waals surface area contributed by atoms with Crippen LogP contribution in [0.25, 0.3) is 11.2 Å². The lowest BCUT2D eigenvalue weighted by molar-refractivity contribution is 0.663. The zero-order chi connectivity index (χ0) is 13.2. The summed E-state index contributed by atoms with van der Waals surface area (Å²) in [5.74, 6) is 0.780. The molecule has 7 heteroatoms. The van der Waals surface area contributed by atoms with Gasteiger partial charge in [-0.1, -0.05) is 0 Å². The molecule has 7 nitrogen and oxygen atoms in total. The number of nitrogens with zero attached hydrogens (tertiary/aromatic N) is 3. The average Bonchev–Trinajstić information content (AvgIpc) is 3.07. The quantitative estimate of drug-likeness (QED) is 0.444. The maximum absolute atomic E-state index is 6.05. The van der Waals surface area contributed by atoms with Crippen LogP contribution in [0, 0.1) is 0 Å². The number of pyridine rings is 1. The fraction of sp³-hybridized carbons (Fsp3) is 0.417. The Labute approximate surface area is 110 Å². The van der Waals surface area contributed by atoms with Crippen LogP contribution in [0.3, 0.4) is 0 Å². The van der Waals surface area contributed by atoms with Crippen molar-refractivity contribution in [2.75, 3.05) is 25.9 Å². The van der Waals surface area contributed by atoms with Gasteiger partial charge in [-0.15, -0.1) is 0 Å². The first-order chi connectivity index (χ1) is 9.29. The molecule has 0 radical (unpaired) electrons. The van der Waals surface area contributed by atoms with Crippen LogP contribution >= 0.6 is 0 Å². The van der Waals surface area contributed by atoms with Crippen molar-refractivity contribution in [3.8, 4) is 0 Å². The third kappa shape index (κ3) is 2.12. The monoisotopic (exact) mass is 259 g/mol. The summed E-state index contributed by atoms with van der Waals surface area (Å²) in [7, 11) is 1.76. The van der Waals surface area contributed by atoms with Crippen LogP contribution in [0.5, 0.6) is 0 Å². The van der Waals surface area contributed by atoms with Crippen LogP contribution in [-0.2, 0) is 0 Å². The third-order valence-electron chi connectivity index (χ3n) is 3.35. The molecule has 1 atom stereocenters. The topological polar surface area (TPSA) is 104 Å². The van der Waals surface area contributed by atoms with Gasteiger partial charge in [0.15, 0.2) is 5.65 Å². The third-order valence-corrected chi connectivity index (χ3v) is 3.35. The lowest BCUT2D eigenvalue weighted by Gasteiger charge is -2.16. The van der Waals surface area contributed by atoms with Crippen LogP contribution in [0.15, 0.2) is 17.5 Å². The minimum absolute atomic E-state index is 0.379. The predicted molar refractivity (Wildman–Crippen MR) is 75.2 cm³/mol. The van der Waals surface area contributed by atoms with E-state index in [4.69, 9.17) is 5.73 Å². The number of aromatic nitrogens is 3. The molecule has 5 N–H and O–H groups in total. The van der Waals surface area contributed by atoms with E-state index in [0.717, 1.165) is 36.4 Å². The van der Waals surface area contributed by atoms with Gasteiger partial charge in [0.1, 0.15) is 5.84 Å². The number of imidazole rings is 1. The minimum atomic E-state index is 0.379. The number of hydrogen-bond acceptors (Lipinski definition) is 5. The number of hydrogen-bond donors (Lipinski definition) is 4. The highest BCUT2D eigenvalue weighted by atomic mass is 15.1. The molecule has 19 heavy (non-hydrogen) atoms. The highest BCUT2D eigenvalue weighted by Gasteiger charge is 2.20. The number of nitrogens with one attached hydrogen (secondary N) is 3. The van der Waals surface area contributed by atoms with Gasteiger partial charge in [0, 0.05) is 19.6 Å². The van der Waals surface area contributed by atoms with Crippen molar-refractivity contribution in [1.29, 1.82) is 0 Å². The van der Waals surface area contributed by atoms with E-state index in [1.54, 1.807) is 19.6 Å². The molecule has 2 aromatic heterocycles. The Morgan fingerprint density at radius 3 is 3.16 bits per heavy atom. The van der Waals surface area contributed by atoms with E-state index in [9.17, 15) is 0 Å². The number of nitrogens with two attached hydrogens (primary N) is 1. The molecule has 0 bridgehead atoms. The summed E-state index contributed by atoms with van der Waals surface area (Å²) in [4.78, 5) is 15.8. The Morgan fingerprint density at radius 1 is 1.53 bits per heavy atom. The van der Waals surface area contributed by atoms with Gasteiger partial charge in [-0.2, -0.15) is 0 Å². The zero-order valence-corrected chi connectivity index (χ0v) is 10.8. The van der Waals surface area contributed by atoms with Crippen molar-refractivity contribution in [2.45, 2.75) is 12.5 Å². The van der Waals surface area contributed by atoms with E-state index in [2.05, 4.69) is 30.6 Å². The second-order valence-electron chi connectivity index (χ2n) is 4.60. The Kier molecular flexibility index (Phi) is 3.04. The number of nitrogen functional groups attached to an aromatic ring is 1. The highest BCUT2D eigenvalue weighted by Crippen LogP contribution is 2.20. The lowest BCUT2D eigenvalue weighted by Crippen LogP contribution is -2.37. The summed E-state index contributed by atoms with van der Waals surface area (Å²) < 4.78 is 0. The molecule has 1 unspecified atom stereocenters. The molecule has 100 valence electrons. The highest BCUT2D eigenvalue weighted by molar-refractivity contribution is 6.11. The minimum Gasteiger partial charge on any atom is -0.397 e. The number of rotatable bonds is 2. The maximum Gasteiger partial charge on any atom is 0.178 e. The molecule has 0 aromatic carbocycles. The average molecular weight is 259 g/mol. The van der Waals surface area contributed by atoms with Crippen LogP contribution in [0.2, 0.25) is 0 Å².